The molecule has 0 radical (unpaired) electrons. The van der Waals surface area contributed by atoms with Crippen LogP contribution in [0.4, 0.5) is 5.69 Å². The normalized spacial score (nSPS) is 11.2. The lowest BCUT2D eigenvalue weighted by atomic mass is 10.1. The topological polar surface area (TPSA) is 75.7 Å². The van der Waals surface area contributed by atoms with E-state index in [1.165, 1.54) is 9.87 Å². The second-order valence-corrected chi connectivity index (χ2v) is 10.3. The Bertz CT molecular complexity index is 1230. The van der Waals surface area contributed by atoms with Crippen molar-refractivity contribution >= 4 is 33.2 Å². The van der Waals surface area contributed by atoms with Gasteiger partial charge in [0.05, 0.1) is 25.0 Å². The first kappa shape index (κ1) is 25.6. The molecule has 3 rings (SSSR count). The molecule has 0 saturated carbocycles. The number of carbonyl (C=O) groups excluding carboxylic acids is 1. The summed E-state index contributed by atoms with van der Waals surface area (Å²) in [6.07, 6.45) is 2.13. The molecule has 0 aliphatic rings. The zero-order valence-electron chi connectivity index (χ0n) is 19.5. The van der Waals surface area contributed by atoms with E-state index in [0.29, 0.717) is 29.4 Å². The van der Waals surface area contributed by atoms with Gasteiger partial charge in [-0.05, 0) is 66.4 Å². The summed E-state index contributed by atoms with van der Waals surface area (Å²) in [5, 5.41) is 3.33. The van der Waals surface area contributed by atoms with Crippen molar-refractivity contribution in [3.8, 4) is 5.75 Å². The van der Waals surface area contributed by atoms with Crippen LogP contribution in [0.3, 0.4) is 0 Å². The second-order valence-electron chi connectivity index (χ2n) is 8.00. The van der Waals surface area contributed by atoms with E-state index in [0.717, 1.165) is 29.6 Å². The average Bonchev–Trinajstić information content (AvgIpc) is 2.82. The van der Waals surface area contributed by atoms with Crippen molar-refractivity contribution < 1.29 is 17.9 Å². The highest BCUT2D eigenvalue weighted by Crippen LogP contribution is 2.26. The molecule has 0 saturated heterocycles. The van der Waals surface area contributed by atoms with Crippen LogP contribution in [0.5, 0.6) is 5.75 Å². The third-order valence-electron chi connectivity index (χ3n) is 5.37. The smallest absolute Gasteiger partial charge is 0.251 e. The van der Waals surface area contributed by atoms with Gasteiger partial charge in [-0.3, -0.25) is 9.10 Å². The Morgan fingerprint density at radius 2 is 1.65 bits per heavy atom. The summed E-state index contributed by atoms with van der Waals surface area (Å²) in [6.45, 7) is 4.81. The third-order valence-corrected chi connectivity index (χ3v) is 6.92. The van der Waals surface area contributed by atoms with Crippen LogP contribution in [-0.2, 0) is 23.0 Å². The first-order valence-electron chi connectivity index (χ1n) is 11.0. The Hall–Kier alpha value is -3.03. The van der Waals surface area contributed by atoms with Gasteiger partial charge >= 0.3 is 0 Å². The molecule has 34 heavy (non-hydrogen) atoms. The van der Waals surface area contributed by atoms with Gasteiger partial charge in [0.25, 0.3) is 5.91 Å². The minimum Gasteiger partial charge on any atom is -0.492 e. The molecule has 0 aliphatic carbocycles. The van der Waals surface area contributed by atoms with Crippen LogP contribution < -0.4 is 14.4 Å². The van der Waals surface area contributed by atoms with Crippen molar-refractivity contribution in [2.24, 2.45) is 0 Å². The van der Waals surface area contributed by atoms with Gasteiger partial charge in [0.1, 0.15) is 12.4 Å². The highest BCUT2D eigenvalue weighted by Gasteiger charge is 2.19. The van der Waals surface area contributed by atoms with Crippen molar-refractivity contribution in [3.63, 3.8) is 0 Å². The van der Waals surface area contributed by atoms with Gasteiger partial charge in [-0.2, -0.15) is 0 Å². The van der Waals surface area contributed by atoms with E-state index in [2.05, 4.69) is 12.2 Å². The van der Waals surface area contributed by atoms with E-state index in [1.807, 2.05) is 31.2 Å². The number of rotatable bonds is 10. The zero-order valence-corrected chi connectivity index (χ0v) is 21.1. The second kappa shape index (κ2) is 11.4. The van der Waals surface area contributed by atoms with Crippen LogP contribution >= 0.6 is 11.6 Å². The number of sulfonamides is 1. The van der Waals surface area contributed by atoms with E-state index in [4.69, 9.17) is 16.3 Å². The van der Waals surface area contributed by atoms with Crippen LogP contribution in [0, 0.1) is 6.92 Å². The maximum absolute atomic E-state index is 12.4. The zero-order chi connectivity index (χ0) is 24.7. The monoisotopic (exact) mass is 500 g/mol. The summed E-state index contributed by atoms with van der Waals surface area (Å²) in [5.41, 5.74) is 3.84. The van der Waals surface area contributed by atoms with E-state index in [1.54, 1.807) is 42.5 Å². The molecule has 0 fully saturated rings. The van der Waals surface area contributed by atoms with Crippen LogP contribution in [0.2, 0.25) is 5.02 Å². The predicted molar refractivity (Wildman–Crippen MR) is 137 cm³/mol. The quantitative estimate of drug-likeness (QED) is 0.398. The van der Waals surface area contributed by atoms with Crippen molar-refractivity contribution in [1.29, 1.82) is 0 Å². The minimum atomic E-state index is -3.53. The molecule has 1 N–H and O–H groups in total. The first-order chi connectivity index (χ1) is 16.2. The van der Waals surface area contributed by atoms with Gasteiger partial charge in [0.15, 0.2) is 0 Å². The fourth-order valence-electron chi connectivity index (χ4n) is 3.32. The predicted octanol–water partition coefficient (Wildman–Crippen LogP) is 4.99. The fraction of sp³-hybridized carbons (Fsp3) is 0.269. The maximum Gasteiger partial charge on any atom is 0.251 e. The molecule has 6 nitrogen and oxygen atoms in total. The largest absolute Gasteiger partial charge is 0.492 e. The number of nitrogens with one attached hydrogen (secondary N) is 1. The van der Waals surface area contributed by atoms with Gasteiger partial charge in [0.2, 0.25) is 10.0 Å². The molecule has 0 atom stereocenters. The summed E-state index contributed by atoms with van der Waals surface area (Å²) in [4.78, 5) is 12.4. The van der Waals surface area contributed by atoms with Crippen molar-refractivity contribution in [2.75, 3.05) is 23.7 Å². The Balaban J connectivity index is 1.57. The molecule has 8 heteroatoms. The Morgan fingerprint density at radius 1 is 1.00 bits per heavy atom. The van der Waals surface area contributed by atoms with Crippen molar-refractivity contribution in [1.82, 2.24) is 5.32 Å². The fourth-order valence-corrected chi connectivity index (χ4v) is 4.38. The minimum absolute atomic E-state index is 0.130. The number of hydrogen-bond acceptors (Lipinski definition) is 4. The molecular weight excluding hydrogens is 472 g/mol. The number of benzene rings is 3. The van der Waals surface area contributed by atoms with Crippen LogP contribution in [0.15, 0.2) is 66.7 Å². The van der Waals surface area contributed by atoms with Gasteiger partial charge < -0.3 is 10.1 Å². The number of amides is 1. The lowest BCUT2D eigenvalue weighted by Gasteiger charge is -2.23. The highest BCUT2D eigenvalue weighted by atomic mass is 35.5. The van der Waals surface area contributed by atoms with E-state index in [-0.39, 0.29) is 12.5 Å². The lowest BCUT2D eigenvalue weighted by molar-refractivity contribution is 0.0947. The standard InChI is InChI=1S/C26H29ClN2O4S/c1-4-20-8-13-24(14-9-20)33-16-15-28-26(30)22-10-6-21(7-11-22)18-29(34(3,31)32)23-12-5-19(2)25(27)17-23/h5-14,17H,4,15-16,18H2,1-3H3,(H,28,30). The average molecular weight is 501 g/mol. The lowest BCUT2D eigenvalue weighted by Crippen LogP contribution is -2.29. The van der Waals surface area contributed by atoms with E-state index < -0.39 is 10.0 Å². The number of ether oxygens (including phenoxy) is 1. The number of hydrogen-bond donors (Lipinski definition) is 1. The maximum atomic E-state index is 12.4. The molecule has 0 aliphatic heterocycles. The van der Waals surface area contributed by atoms with Crippen molar-refractivity contribution in [2.45, 2.75) is 26.8 Å². The third kappa shape index (κ3) is 6.98. The highest BCUT2D eigenvalue weighted by molar-refractivity contribution is 7.92. The molecule has 0 unspecified atom stereocenters. The van der Waals surface area contributed by atoms with Gasteiger partial charge in [-0.15, -0.1) is 0 Å². The summed E-state index contributed by atoms with van der Waals surface area (Å²) in [5.74, 6) is 0.544. The Kier molecular flexibility index (Phi) is 8.58. The Morgan fingerprint density at radius 3 is 2.24 bits per heavy atom. The van der Waals surface area contributed by atoms with E-state index in [9.17, 15) is 13.2 Å². The van der Waals surface area contributed by atoms with Gasteiger partial charge in [0, 0.05) is 10.6 Å². The van der Waals surface area contributed by atoms with Crippen LogP contribution in [0.1, 0.15) is 34.0 Å². The first-order valence-corrected chi connectivity index (χ1v) is 13.2. The summed E-state index contributed by atoms with van der Waals surface area (Å²) in [6, 6.07) is 19.9. The molecule has 180 valence electrons. The summed E-state index contributed by atoms with van der Waals surface area (Å²) >= 11 is 6.19. The molecule has 0 spiro atoms. The molecule has 1 amide bonds. The van der Waals surface area contributed by atoms with E-state index >= 15 is 0 Å². The van der Waals surface area contributed by atoms with Crippen LogP contribution in [-0.4, -0.2) is 33.7 Å². The summed E-state index contributed by atoms with van der Waals surface area (Å²) < 4.78 is 31.7. The molecule has 3 aromatic rings. The number of nitrogens with zero attached hydrogens (tertiary/aromatic N) is 1. The molecule has 0 heterocycles. The van der Waals surface area contributed by atoms with Gasteiger partial charge in [-0.25, -0.2) is 8.42 Å². The summed E-state index contributed by atoms with van der Waals surface area (Å²) in [7, 11) is -3.53. The molecule has 0 bridgehead atoms. The Labute approximate surface area is 206 Å². The van der Waals surface area contributed by atoms with Crippen molar-refractivity contribution in [3.05, 3.63) is 94.0 Å². The van der Waals surface area contributed by atoms with Crippen LogP contribution in [0.25, 0.3) is 0 Å². The molecule has 0 aromatic heterocycles. The number of aryl methyl sites for hydroxylation is 2. The van der Waals surface area contributed by atoms with Gasteiger partial charge in [-0.1, -0.05) is 48.9 Å². The molecule has 3 aromatic carbocycles. The number of halogens is 1. The number of carbonyl (C=O) groups is 1. The number of anilines is 1. The SMILES string of the molecule is CCc1ccc(OCCNC(=O)c2ccc(CN(c3ccc(C)c(Cl)c3)S(C)(=O)=O)cc2)cc1. The molecular formula is C26H29ClN2O4S.